The largest absolute Gasteiger partial charge is 0.396 e. The smallest absolute Gasteiger partial charge is 0.161 e. The second kappa shape index (κ2) is 4.72. The molecule has 0 radical (unpaired) electrons. The molecular formula is C20H24N2O2. The third-order valence-corrected chi connectivity index (χ3v) is 6.81. The van der Waals surface area contributed by atoms with Crippen molar-refractivity contribution in [1.82, 2.24) is 9.47 Å². The van der Waals surface area contributed by atoms with E-state index in [9.17, 15) is 10.2 Å². The van der Waals surface area contributed by atoms with Crippen molar-refractivity contribution in [1.29, 1.82) is 0 Å². The lowest BCUT2D eigenvalue weighted by Gasteiger charge is -2.62. The van der Waals surface area contributed by atoms with Crippen LogP contribution in [0.4, 0.5) is 0 Å². The maximum Gasteiger partial charge on any atom is 0.161 e. The van der Waals surface area contributed by atoms with Gasteiger partial charge in [-0.15, -0.1) is 0 Å². The quantitative estimate of drug-likeness (QED) is 0.790. The van der Waals surface area contributed by atoms with E-state index in [1.54, 1.807) is 0 Å². The lowest BCUT2D eigenvalue weighted by atomic mass is 9.62. The number of rotatable bonds is 1. The molecule has 1 aromatic carbocycles. The minimum absolute atomic E-state index is 0.194. The Morgan fingerprint density at radius 1 is 1.33 bits per heavy atom. The van der Waals surface area contributed by atoms with Gasteiger partial charge in [0.2, 0.25) is 0 Å². The van der Waals surface area contributed by atoms with Crippen LogP contribution in [-0.2, 0) is 19.2 Å². The average molecular weight is 324 g/mol. The number of aliphatic hydroxyl groups is 2. The van der Waals surface area contributed by atoms with Crippen LogP contribution in [0.1, 0.15) is 24.6 Å². The second-order valence-electron chi connectivity index (χ2n) is 7.64. The van der Waals surface area contributed by atoms with Crippen LogP contribution in [0.15, 0.2) is 35.9 Å². The van der Waals surface area contributed by atoms with E-state index >= 15 is 0 Å². The molecule has 0 spiro atoms. The Morgan fingerprint density at radius 2 is 2.12 bits per heavy atom. The maximum absolute atomic E-state index is 11.7. The highest BCUT2D eigenvalue weighted by molar-refractivity contribution is 5.86. The topological polar surface area (TPSA) is 48.6 Å². The van der Waals surface area contributed by atoms with Gasteiger partial charge in [-0.1, -0.05) is 29.8 Å². The zero-order chi connectivity index (χ0) is 16.6. The summed E-state index contributed by atoms with van der Waals surface area (Å²) in [5, 5.41) is 23.0. The zero-order valence-electron chi connectivity index (χ0n) is 14.2. The first-order chi connectivity index (χ1) is 11.6. The van der Waals surface area contributed by atoms with Gasteiger partial charge in [0.1, 0.15) is 0 Å². The number of nitrogens with zero attached hydrogens (tertiary/aromatic N) is 2. The fourth-order valence-electron chi connectivity index (χ4n) is 5.76. The van der Waals surface area contributed by atoms with Crippen LogP contribution in [0.2, 0.25) is 0 Å². The fraction of sp³-hybridized carbons (Fsp3) is 0.500. The van der Waals surface area contributed by atoms with Gasteiger partial charge in [0.15, 0.2) is 5.72 Å². The van der Waals surface area contributed by atoms with E-state index in [1.807, 2.05) is 0 Å². The number of hydrogen-bond donors (Lipinski definition) is 2. The van der Waals surface area contributed by atoms with E-state index in [4.69, 9.17) is 0 Å². The lowest BCUT2D eigenvalue weighted by Crippen LogP contribution is -2.69. The van der Waals surface area contributed by atoms with Crippen LogP contribution in [0.3, 0.4) is 0 Å². The third-order valence-electron chi connectivity index (χ3n) is 6.81. The molecule has 2 aromatic rings. The van der Waals surface area contributed by atoms with Crippen molar-refractivity contribution in [3.8, 4) is 0 Å². The van der Waals surface area contributed by atoms with Gasteiger partial charge in [-0.2, -0.15) is 0 Å². The number of aryl methyl sites for hydroxylation is 1. The van der Waals surface area contributed by atoms with Gasteiger partial charge in [0, 0.05) is 49.5 Å². The molecule has 0 amide bonds. The van der Waals surface area contributed by atoms with E-state index in [0.29, 0.717) is 6.42 Å². The molecule has 6 rings (SSSR count). The molecule has 5 heterocycles. The number of hydrogen-bond acceptors (Lipinski definition) is 3. The van der Waals surface area contributed by atoms with Crippen LogP contribution in [0.25, 0.3) is 10.9 Å². The summed E-state index contributed by atoms with van der Waals surface area (Å²) >= 11 is 0. The summed E-state index contributed by atoms with van der Waals surface area (Å²) in [6, 6.07) is 8.66. The molecule has 4 heteroatoms. The fourth-order valence-corrected chi connectivity index (χ4v) is 5.76. The Morgan fingerprint density at radius 3 is 2.88 bits per heavy atom. The van der Waals surface area contributed by atoms with E-state index < -0.39 is 5.72 Å². The van der Waals surface area contributed by atoms with Crippen LogP contribution < -0.4 is 0 Å². The Hall–Kier alpha value is -1.62. The molecule has 4 bridgehead atoms. The van der Waals surface area contributed by atoms with E-state index in [1.165, 1.54) is 22.0 Å². The van der Waals surface area contributed by atoms with Gasteiger partial charge in [0.25, 0.3) is 0 Å². The van der Waals surface area contributed by atoms with E-state index in [-0.39, 0.29) is 24.5 Å². The number of benzene rings is 1. The van der Waals surface area contributed by atoms with Crippen LogP contribution in [0, 0.1) is 11.8 Å². The molecule has 4 aliphatic rings. The third kappa shape index (κ3) is 1.55. The highest BCUT2D eigenvalue weighted by atomic mass is 16.3. The van der Waals surface area contributed by atoms with E-state index in [2.05, 4.69) is 53.8 Å². The standard InChI is InChI=1S/C20H24N2O2/c1-3-12-10-22-18-8-14-13-6-4-5-7-17(13)21(2)19(14)20(22,24)9-15(12)16(18)11-23/h3-7,15-16,18,23-24H,8-11H2,1-2H3. The Labute approximate surface area is 142 Å². The average Bonchev–Trinajstić information content (AvgIpc) is 2.88. The Kier molecular flexibility index (Phi) is 2.89. The van der Waals surface area contributed by atoms with Gasteiger partial charge in [-0.05, 0) is 30.9 Å². The van der Waals surface area contributed by atoms with Crippen LogP contribution in [0.5, 0.6) is 0 Å². The first-order valence-electron chi connectivity index (χ1n) is 8.92. The molecule has 5 unspecified atom stereocenters. The minimum Gasteiger partial charge on any atom is -0.396 e. The van der Waals surface area contributed by atoms with E-state index in [0.717, 1.165) is 18.7 Å². The molecule has 24 heavy (non-hydrogen) atoms. The van der Waals surface area contributed by atoms with Gasteiger partial charge in [0.05, 0.1) is 5.69 Å². The summed E-state index contributed by atoms with van der Waals surface area (Å²) in [7, 11) is 2.07. The summed E-state index contributed by atoms with van der Waals surface area (Å²) in [6.45, 7) is 3.09. The molecule has 126 valence electrons. The van der Waals surface area contributed by atoms with Gasteiger partial charge in [-0.3, -0.25) is 4.90 Å². The van der Waals surface area contributed by atoms with Gasteiger partial charge in [-0.25, -0.2) is 0 Å². The summed E-state index contributed by atoms with van der Waals surface area (Å²) in [4.78, 5) is 2.25. The second-order valence-corrected chi connectivity index (χ2v) is 7.64. The maximum atomic E-state index is 11.7. The number of aromatic nitrogens is 1. The molecule has 0 aliphatic carbocycles. The van der Waals surface area contributed by atoms with Crippen molar-refractivity contribution in [2.45, 2.75) is 31.5 Å². The number of para-hydroxylation sites is 1. The van der Waals surface area contributed by atoms with Crippen molar-refractivity contribution in [3.05, 3.63) is 47.2 Å². The minimum atomic E-state index is -0.908. The first kappa shape index (κ1) is 14.7. The first-order valence-corrected chi connectivity index (χ1v) is 8.92. The predicted molar refractivity (Wildman–Crippen MR) is 93.5 cm³/mol. The van der Waals surface area contributed by atoms with Crippen molar-refractivity contribution >= 4 is 10.9 Å². The normalized spacial score (nSPS) is 38.8. The highest BCUT2D eigenvalue weighted by Crippen LogP contribution is 2.56. The Balaban J connectivity index is 1.78. The molecule has 4 nitrogen and oxygen atoms in total. The molecule has 2 N–H and O–H groups in total. The lowest BCUT2D eigenvalue weighted by molar-refractivity contribution is -0.222. The summed E-state index contributed by atoms with van der Waals surface area (Å²) in [5.41, 5.74) is 3.99. The number of fused-ring (bicyclic) bond motifs is 4. The van der Waals surface area contributed by atoms with Crippen molar-refractivity contribution < 1.29 is 10.2 Å². The molecule has 3 saturated heterocycles. The SMILES string of the molecule is CC=C1CN2C3Cc4c(n(C)c5ccccc45)C2(O)CC1C3CO. The monoisotopic (exact) mass is 324 g/mol. The van der Waals surface area contributed by atoms with Crippen LogP contribution >= 0.6 is 0 Å². The van der Waals surface area contributed by atoms with Gasteiger partial charge < -0.3 is 14.8 Å². The van der Waals surface area contributed by atoms with Crippen molar-refractivity contribution in [2.75, 3.05) is 13.2 Å². The highest BCUT2D eigenvalue weighted by Gasteiger charge is 2.60. The van der Waals surface area contributed by atoms with Crippen molar-refractivity contribution in [2.24, 2.45) is 18.9 Å². The Bertz CT molecular complexity index is 868. The van der Waals surface area contributed by atoms with Crippen LogP contribution in [-0.4, -0.2) is 38.9 Å². The zero-order valence-corrected chi connectivity index (χ0v) is 14.2. The summed E-state index contributed by atoms with van der Waals surface area (Å²) in [6.07, 6.45) is 3.78. The molecule has 1 aromatic heterocycles. The number of piperidine rings is 3. The predicted octanol–water partition coefficient (Wildman–Crippen LogP) is 2.14. The van der Waals surface area contributed by atoms with Crippen molar-refractivity contribution in [3.63, 3.8) is 0 Å². The molecule has 5 atom stereocenters. The number of allylic oxidation sites excluding steroid dienone is 1. The summed E-state index contributed by atoms with van der Waals surface area (Å²) < 4.78 is 2.19. The molecular weight excluding hydrogens is 300 g/mol. The molecule has 0 saturated carbocycles. The van der Waals surface area contributed by atoms with Gasteiger partial charge >= 0.3 is 0 Å². The molecule has 3 fully saturated rings. The summed E-state index contributed by atoms with van der Waals surface area (Å²) in [5.74, 6) is 0.503. The molecule has 4 aliphatic heterocycles. The number of aliphatic hydroxyl groups excluding tert-OH is 1.